The lowest BCUT2D eigenvalue weighted by Crippen LogP contribution is -1.93. The molecule has 0 aliphatic heterocycles. The summed E-state index contributed by atoms with van der Waals surface area (Å²) in [6.07, 6.45) is 3.69. The number of benzene rings is 1. The van der Waals surface area contributed by atoms with Gasteiger partial charge in [-0.3, -0.25) is 0 Å². The van der Waals surface area contributed by atoms with Gasteiger partial charge in [-0.15, -0.1) is 11.6 Å². The van der Waals surface area contributed by atoms with Crippen LogP contribution < -0.4 is 0 Å². The van der Waals surface area contributed by atoms with Crippen LogP contribution in [0.5, 0.6) is 0 Å². The molecule has 2 heterocycles. The molecule has 0 saturated carbocycles. The number of hydrogen-bond donors (Lipinski definition) is 0. The topological polar surface area (TPSA) is 31.0 Å². The molecule has 1 unspecified atom stereocenters. The molecule has 2 aromatic heterocycles. The van der Waals surface area contributed by atoms with Gasteiger partial charge in [-0.05, 0) is 31.2 Å². The lowest BCUT2D eigenvalue weighted by molar-refractivity contribution is 0.489. The van der Waals surface area contributed by atoms with Gasteiger partial charge < -0.3 is 4.42 Å². The molecule has 4 heteroatoms. The van der Waals surface area contributed by atoms with Crippen molar-refractivity contribution < 1.29 is 4.42 Å². The van der Waals surface area contributed by atoms with Gasteiger partial charge in [-0.2, -0.15) is 5.10 Å². The van der Waals surface area contributed by atoms with Crippen molar-refractivity contribution in [1.82, 2.24) is 9.78 Å². The lowest BCUT2D eigenvalue weighted by atomic mass is 10.2. The molecule has 3 aromatic rings. The summed E-state index contributed by atoms with van der Waals surface area (Å²) < 4.78 is 7.35. The van der Waals surface area contributed by atoms with E-state index in [-0.39, 0.29) is 5.38 Å². The van der Waals surface area contributed by atoms with E-state index in [9.17, 15) is 0 Å². The zero-order valence-corrected chi connectivity index (χ0v) is 11.2. The monoisotopic (exact) mass is 272 g/mol. The van der Waals surface area contributed by atoms with Crippen molar-refractivity contribution in [2.24, 2.45) is 0 Å². The standard InChI is InChI=1S/C15H13ClN2O/c1-11-7-8-14(19-11)15(16)12-9-17-18(10-12)13-5-3-2-4-6-13/h2-10,15H,1H3. The number of nitrogens with zero attached hydrogens (tertiary/aromatic N) is 2. The summed E-state index contributed by atoms with van der Waals surface area (Å²) >= 11 is 6.40. The SMILES string of the molecule is Cc1ccc(C(Cl)c2cnn(-c3ccccc3)c2)o1. The van der Waals surface area contributed by atoms with Crippen LogP contribution in [0.25, 0.3) is 5.69 Å². The Morgan fingerprint density at radius 1 is 1.16 bits per heavy atom. The fraction of sp³-hybridized carbons (Fsp3) is 0.133. The van der Waals surface area contributed by atoms with Crippen molar-refractivity contribution in [3.05, 3.63) is 71.9 Å². The maximum Gasteiger partial charge on any atom is 0.126 e. The molecule has 3 nitrogen and oxygen atoms in total. The van der Waals surface area contributed by atoms with E-state index in [0.29, 0.717) is 0 Å². The fourth-order valence-corrected chi connectivity index (χ4v) is 2.17. The second-order valence-electron chi connectivity index (χ2n) is 4.36. The maximum absolute atomic E-state index is 6.40. The number of para-hydroxylation sites is 1. The van der Waals surface area contributed by atoms with Gasteiger partial charge in [0.2, 0.25) is 0 Å². The Labute approximate surface area is 116 Å². The Morgan fingerprint density at radius 3 is 2.63 bits per heavy atom. The molecule has 0 amide bonds. The van der Waals surface area contributed by atoms with E-state index < -0.39 is 0 Å². The third kappa shape index (κ3) is 2.42. The Kier molecular flexibility index (Phi) is 3.13. The van der Waals surface area contributed by atoms with Crippen LogP contribution in [0, 0.1) is 6.92 Å². The number of aromatic nitrogens is 2. The Hall–Kier alpha value is -2.00. The van der Waals surface area contributed by atoms with Gasteiger partial charge in [-0.1, -0.05) is 18.2 Å². The minimum atomic E-state index is -0.314. The molecule has 0 fully saturated rings. The van der Waals surface area contributed by atoms with Crippen LogP contribution in [0.15, 0.2) is 59.3 Å². The summed E-state index contributed by atoms with van der Waals surface area (Å²) in [7, 11) is 0. The van der Waals surface area contributed by atoms with E-state index in [1.807, 2.05) is 55.6 Å². The molecule has 19 heavy (non-hydrogen) atoms. The summed E-state index contributed by atoms with van der Waals surface area (Å²) in [5.74, 6) is 1.60. The molecule has 0 N–H and O–H groups in total. The van der Waals surface area contributed by atoms with E-state index in [1.54, 1.807) is 10.9 Å². The smallest absolute Gasteiger partial charge is 0.126 e. The van der Waals surface area contributed by atoms with Crippen molar-refractivity contribution in [2.45, 2.75) is 12.3 Å². The van der Waals surface area contributed by atoms with Crippen LogP contribution in [0.4, 0.5) is 0 Å². The molecule has 0 spiro atoms. The van der Waals surface area contributed by atoms with Crippen molar-refractivity contribution in [3.63, 3.8) is 0 Å². The molecule has 0 bridgehead atoms. The third-order valence-electron chi connectivity index (χ3n) is 2.93. The second kappa shape index (κ2) is 4.94. The number of halogens is 1. The van der Waals surface area contributed by atoms with Gasteiger partial charge >= 0.3 is 0 Å². The molecule has 0 aliphatic rings. The molecule has 0 radical (unpaired) electrons. The molecule has 1 aromatic carbocycles. The van der Waals surface area contributed by atoms with Crippen LogP contribution in [0.3, 0.4) is 0 Å². The highest BCUT2D eigenvalue weighted by molar-refractivity contribution is 6.22. The normalized spacial score (nSPS) is 12.5. The van der Waals surface area contributed by atoms with E-state index in [1.165, 1.54) is 0 Å². The zero-order chi connectivity index (χ0) is 13.2. The zero-order valence-electron chi connectivity index (χ0n) is 10.5. The maximum atomic E-state index is 6.40. The average Bonchev–Trinajstić information content (AvgIpc) is 3.08. The van der Waals surface area contributed by atoms with Crippen LogP contribution in [-0.2, 0) is 0 Å². The molecular weight excluding hydrogens is 260 g/mol. The van der Waals surface area contributed by atoms with E-state index in [2.05, 4.69) is 5.10 Å². The van der Waals surface area contributed by atoms with Crippen LogP contribution in [-0.4, -0.2) is 9.78 Å². The molecule has 0 saturated heterocycles. The van der Waals surface area contributed by atoms with E-state index in [0.717, 1.165) is 22.8 Å². The van der Waals surface area contributed by atoms with Gasteiger partial charge in [0, 0.05) is 11.8 Å². The summed E-state index contributed by atoms with van der Waals surface area (Å²) in [4.78, 5) is 0. The van der Waals surface area contributed by atoms with E-state index >= 15 is 0 Å². The summed E-state index contributed by atoms with van der Waals surface area (Å²) in [5, 5.41) is 4.02. The summed E-state index contributed by atoms with van der Waals surface area (Å²) in [6.45, 7) is 1.90. The van der Waals surface area contributed by atoms with Crippen LogP contribution >= 0.6 is 11.6 Å². The van der Waals surface area contributed by atoms with Crippen molar-refractivity contribution in [2.75, 3.05) is 0 Å². The Morgan fingerprint density at radius 2 is 1.95 bits per heavy atom. The number of alkyl halides is 1. The predicted molar refractivity (Wildman–Crippen MR) is 74.7 cm³/mol. The third-order valence-corrected chi connectivity index (χ3v) is 3.39. The van der Waals surface area contributed by atoms with Gasteiger partial charge in [0.15, 0.2) is 0 Å². The number of hydrogen-bond acceptors (Lipinski definition) is 2. The predicted octanol–water partition coefficient (Wildman–Crippen LogP) is 4.10. The second-order valence-corrected chi connectivity index (χ2v) is 4.80. The van der Waals surface area contributed by atoms with Gasteiger partial charge in [-0.25, -0.2) is 4.68 Å². The number of rotatable bonds is 3. The minimum absolute atomic E-state index is 0.314. The highest BCUT2D eigenvalue weighted by atomic mass is 35.5. The van der Waals surface area contributed by atoms with E-state index in [4.69, 9.17) is 16.0 Å². The minimum Gasteiger partial charge on any atom is -0.464 e. The first-order chi connectivity index (χ1) is 9.24. The molecule has 1 atom stereocenters. The molecule has 96 valence electrons. The summed E-state index contributed by atoms with van der Waals surface area (Å²) in [6, 6.07) is 13.7. The van der Waals surface area contributed by atoms with Gasteiger partial charge in [0.05, 0.1) is 11.9 Å². The first kappa shape index (κ1) is 12.1. The first-order valence-corrected chi connectivity index (χ1v) is 6.48. The van der Waals surface area contributed by atoms with Gasteiger partial charge in [0.25, 0.3) is 0 Å². The highest BCUT2D eigenvalue weighted by Crippen LogP contribution is 2.30. The lowest BCUT2D eigenvalue weighted by Gasteiger charge is -2.03. The molecule has 3 rings (SSSR count). The molecular formula is C15H13ClN2O. The fourth-order valence-electron chi connectivity index (χ4n) is 1.94. The quantitative estimate of drug-likeness (QED) is 0.672. The van der Waals surface area contributed by atoms with Crippen molar-refractivity contribution in [1.29, 1.82) is 0 Å². The number of aryl methyl sites for hydroxylation is 1. The average molecular weight is 273 g/mol. The van der Waals surface area contributed by atoms with Crippen molar-refractivity contribution >= 4 is 11.6 Å². The van der Waals surface area contributed by atoms with Crippen LogP contribution in [0.2, 0.25) is 0 Å². The van der Waals surface area contributed by atoms with Crippen LogP contribution in [0.1, 0.15) is 22.5 Å². The largest absolute Gasteiger partial charge is 0.464 e. The Bertz CT molecular complexity index is 672. The first-order valence-electron chi connectivity index (χ1n) is 6.04. The highest BCUT2D eigenvalue weighted by Gasteiger charge is 2.16. The number of furan rings is 1. The Balaban J connectivity index is 1.89. The summed E-state index contributed by atoms with van der Waals surface area (Å²) in [5.41, 5.74) is 1.92. The van der Waals surface area contributed by atoms with Crippen molar-refractivity contribution in [3.8, 4) is 5.69 Å². The molecule has 0 aliphatic carbocycles. The van der Waals surface area contributed by atoms with Gasteiger partial charge in [0.1, 0.15) is 16.9 Å².